The number of carbonyl (C=O) groups excluding carboxylic acids is 1. The summed E-state index contributed by atoms with van der Waals surface area (Å²) in [7, 11) is 4.00. The van der Waals surface area contributed by atoms with E-state index in [2.05, 4.69) is 19.0 Å². The van der Waals surface area contributed by atoms with Gasteiger partial charge >= 0.3 is 0 Å². The lowest BCUT2D eigenvalue weighted by molar-refractivity contribution is -0.138. The van der Waals surface area contributed by atoms with Crippen LogP contribution < -0.4 is 4.90 Å². The highest BCUT2D eigenvalue weighted by Crippen LogP contribution is 2.20. The van der Waals surface area contributed by atoms with Crippen LogP contribution in [0.2, 0.25) is 0 Å². The molecule has 1 heterocycles. The molecule has 0 N–H and O–H groups in total. The maximum absolute atomic E-state index is 12.1. The van der Waals surface area contributed by atoms with Gasteiger partial charge in [0.2, 0.25) is 0 Å². The van der Waals surface area contributed by atoms with Crippen molar-refractivity contribution in [3.05, 3.63) is 29.8 Å². The van der Waals surface area contributed by atoms with Crippen LogP contribution in [-0.4, -0.2) is 50.8 Å². The molecule has 23 heavy (non-hydrogen) atoms. The fourth-order valence-electron chi connectivity index (χ4n) is 3.01. The fraction of sp³-hybridized carbons (Fsp3) is 0.556. The van der Waals surface area contributed by atoms with E-state index in [4.69, 9.17) is 4.84 Å². The molecule has 2 rings (SSSR count). The zero-order valence-electron chi connectivity index (χ0n) is 14.5. The summed E-state index contributed by atoms with van der Waals surface area (Å²) < 4.78 is 0. The highest BCUT2D eigenvalue weighted by atomic mass is 16.6. The third-order valence-electron chi connectivity index (χ3n) is 4.10. The Hall–Kier alpha value is -2.04. The van der Waals surface area contributed by atoms with Gasteiger partial charge in [0.05, 0.1) is 6.21 Å². The molecule has 1 amide bonds. The smallest absolute Gasteiger partial charge is 0.263 e. The first-order chi connectivity index (χ1) is 11.0. The van der Waals surface area contributed by atoms with Crippen molar-refractivity contribution in [2.75, 3.05) is 38.7 Å². The van der Waals surface area contributed by atoms with Crippen molar-refractivity contribution in [3.63, 3.8) is 0 Å². The van der Waals surface area contributed by atoms with E-state index >= 15 is 0 Å². The number of hydrogen-bond acceptors (Lipinski definition) is 4. The molecule has 1 aromatic rings. The Morgan fingerprint density at radius 3 is 2.43 bits per heavy atom. The Morgan fingerprint density at radius 2 is 1.87 bits per heavy atom. The maximum atomic E-state index is 12.1. The number of piperidine rings is 1. The molecule has 126 valence electrons. The zero-order valence-corrected chi connectivity index (χ0v) is 14.5. The topological polar surface area (TPSA) is 45.1 Å². The summed E-state index contributed by atoms with van der Waals surface area (Å²) in [6, 6.07) is 7.97. The number of likely N-dealkylation sites (tertiary alicyclic amines) is 1. The maximum Gasteiger partial charge on any atom is 0.263 e. The predicted molar refractivity (Wildman–Crippen MR) is 93.8 cm³/mol. The first kappa shape index (κ1) is 17.3. The molecule has 1 saturated heterocycles. The van der Waals surface area contributed by atoms with E-state index in [0.717, 1.165) is 24.3 Å². The quantitative estimate of drug-likeness (QED) is 0.619. The van der Waals surface area contributed by atoms with Crippen molar-refractivity contribution in [3.8, 4) is 0 Å². The molecule has 0 saturated carbocycles. The number of nitrogens with zero attached hydrogens (tertiary/aromatic N) is 3. The first-order valence-electron chi connectivity index (χ1n) is 8.16. The van der Waals surface area contributed by atoms with E-state index in [1.165, 1.54) is 6.42 Å². The monoisotopic (exact) mass is 317 g/mol. The van der Waals surface area contributed by atoms with Gasteiger partial charge in [0.15, 0.2) is 6.61 Å². The van der Waals surface area contributed by atoms with Gasteiger partial charge in [0.1, 0.15) is 0 Å². The summed E-state index contributed by atoms with van der Waals surface area (Å²) in [5.74, 6) is 1.13. The number of anilines is 1. The minimum atomic E-state index is 0.00568. The van der Waals surface area contributed by atoms with Crippen LogP contribution in [0.1, 0.15) is 25.8 Å². The van der Waals surface area contributed by atoms with Crippen LogP contribution in [-0.2, 0) is 9.63 Å². The normalized spacial score (nSPS) is 21.5. The molecule has 1 aliphatic heterocycles. The Balaban J connectivity index is 1.78. The minimum absolute atomic E-state index is 0.00568. The highest BCUT2D eigenvalue weighted by Gasteiger charge is 2.25. The van der Waals surface area contributed by atoms with Crippen molar-refractivity contribution in [1.82, 2.24) is 4.90 Å². The molecule has 0 aliphatic carbocycles. The van der Waals surface area contributed by atoms with Gasteiger partial charge in [0.25, 0.3) is 5.91 Å². The van der Waals surface area contributed by atoms with Crippen molar-refractivity contribution in [2.45, 2.75) is 20.3 Å². The summed E-state index contributed by atoms with van der Waals surface area (Å²) in [4.78, 5) is 21.2. The number of carbonyl (C=O) groups is 1. The summed E-state index contributed by atoms with van der Waals surface area (Å²) >= 11 is 0. The van der Waals surface area contributed by atoms with Crippen LogP contribution in [0, 0.1) is 11.8 Å². The molecule has 1 aliphatic rings. The van der Waals surface area contributed by atoms with Crippen molar-refractivity contribution in [2.24, 2.45) is 17.0 Å². The van der Waals surface area contributed by atoms with Gasteiger partial charge in [0, 0.05) is 32.9 Å². The number of benzene rings is 1. The molecule has 2 unspecified atom stereocenters. The lowest BCUT2D eigenvalue weighted by atomic mass is 9.92. The van der Waals surface area contributed by atoms with Gasteiger partial charge in [-0.3, -0.25) is 4.79 Å². The Labute approximate surface area is 138 Å². The van der Waals surface area contributed by atoms with Crippen LogP contribution in [0.5, 0.6) is 0 Å². The fourth-order valence-corrected chi connectivity index (χ4v) is 3.01. The molecular weight excluding hydrogens is 290 g/mol. The Kier molecular flexibility index (Phi) is 6.02. The standard InChI is InChI=1S/C18H27N3O2/c1-14-9-15(2)12-21(11-14)18(22)13-23-19-10-16-5-7-17(8-6-16)20(3)4/h5-8,10,14-15H,9,11-13H2,1-4H3/b19-10+. The Morgan fingerprint density at radius 1 is 1.26 bits per heavy atom. The van der Waals surface area contributed by atoms with E-state index < -0.39 is 0 Å². The largest absolute Gasteiger partial charge is 0.386 e. The van der Waals surface area contributed by atoms with Crippen molar-refractivity contribution >= 4 is 17.8 Å². The number of oxime groups is 1. The molecule has 5 heteroatoms. The predicted octanol–water partition coefficient (Wildman–Crippen LogP) is 2.61. The lowest BCUT2D eigenvalue weighted by Crippen LogP contribution is -2.44. The molecule has 5 nitrogen and oxygen atoms in total. The van der Waals surface area contributed by atoms with E-state index in [9.17, 15) is 4.79 Å². The second-order valence-electron chi connectivity index (χ2n) is 6.74. The van der Waals surface area contributed by atoms with Gasteiger partial charge in [-0.2, -0.15) is 0 Å². The summed E-state index contributed by atoms with van der Waals surface area (Å²) in [6.07, 6.45) is 2.82. The summed E-state index contributed by atoms with van der Waals surface area (Å²) in [5, 5.41) is 3.90. The van der Waals surface area contributed by atoms with Gasteiger partial charge in [-0.1, -0.05) is 31.1 Å². The summed E-state index contributed by atoms with van der Waals surface area (Å²) in [5.41, 5.74) is 2.08. The third kappa shape index (κ3) is 5.27. The molecule has 0 spiro atoms. The molecular formula is C18H27N3O2. The van der Waals surface area contributed by atoms with Crippen molar-refractivity contribution < 1.29 is 9.63 Å². The second-order valence-corrected chi connectivity index (χ2v) is 6.74. The Bertz CT molecular complexity index is 530. The van der Waals surface area contributed by atoms with Crippen LogP contribution in [0.4, 0.5) is 5.69 Å². The minimum Gasteiger partial charge on any atom is -0.386 e. The van der Waals surface area contributed by atoms with Gasteiger partial charge in [-0.25, -0.2) is 0 Å². The SMILES string of the molecule is CC1CC(C)CN(C(=O)CO/N=C/c2ccc(N(C)C)cc2)C1. The highest BCUT2D eigenvalue weighted by molar-refractivity contribution is 5.80. The van der Waals surface area contributed by atoms with E-state index in [-0.39, 0.29) is 12.5 Å². The number of amides is 1. The molecule has 0 bridgehead atoms. The molecule has 1 aromatic carbocycles. The molecule has 0 aromatic heterocycles. The van der Waals surface area contributed by atoms with Gasteiger partial charge in [-0.05, 0) is 36.0 Å². The first-order valence-corrected chi connectivity index (χ1v) is 8.16. The molecule has 1 fully saturated rings. The van der Waals surface area contributed by atoms with Crippen molar-refractivity contribution in [1.29, 1.82) is 0 Å². The van der Waals surface area contributed by atoms with Gasteiger partial charge in [-0.15, -0.1) is 0 Å². The van der Waals surface area contributed by atoms with E-state index in [1.54, 1.807) is 6.21 Å². The average Bonchev–Trinajstić information content (AvgIpc) is 2.50. The van der Waals surface area contributed by atoms with Crippen LogP contribution in [0.15, 0.2) is 29.4 Å². The summed E-state index contributed by atoms with van der Waals surface area (Å²) in [6.45, 7) is 6.02. The van der Waals surface area contributed by atoms with Gasteiger partial charge < -0.3 is 14.6 Å². The van der Waals surface area contributed by atoms with Crippen LogP contribution >= 0.6 is 0 Å². The van der Waals surface area contributed by atoms with Crippen LogP contribution in [0.25, 0.3) is 0 Å². The van der Waals surface area contributed by atoms with E-state index in [1.807, 2.05) is 48.2 Å². The van der Waals surface area contributed by atoms with Crippen LogP contribution in [0.3, 0.4) is 0 Å². The molecule has 0 radical (unpaired) electrons. The zero-order chi connectivity index (χ0) is 16.8. The lowest BCUT2D eigenvalue weighted by Gasteiger charge is -2.34. The number of hydrogen-bond donors (Lipinski definition) is 0. The van der Waals surface area contributed by atoms with E-state index in [0.29, 0.717) is 11.8 Å². The average molecular weight is 317 g/mol. The number of rotatable bonds is 5. The molecule has 2 atom stereocenters. The second kappa shape index (κ2) is 7.99. The third-order valence-corrected chi connectivity index (χ3v) is 4.10.